The van der Waals surface area contributed by atoms with Crippen LogP contribution in [-0.2, 0) is 9.53 Å². The predicted octanol–water partition coefficient (Wildman–Crippen LogP) is 4.37. The summed E-state index contributed by atoms with van der Waals surface area (Å²) in [5.41, 5.74) is 3.00. The summed E-state index contributed by atoms with van der Waals surface area (Å²) in [7, 11) is 1.64. The molecule has 1 amide bonds. The molecule has 2 aromatic rings. The van der Waals surface area contributed by atoms with Crippen LogP contribution in [0.25, 0.3) is 6.08 Å². The van der Waals surface area contributed by atoms with Crippen LogP contribution < -0.4 is 5.32 Å². The molecule has 2 atom stereocenters. The van der Waals surface area contributed by atoms with E-state index in [1.807, 2.05) is 32.9 Å². The number of aromatic nitrogens is 1. The molecule has 0 aliphatic heterocycles. The lowest BCUT2D eigenvalue weighted by molar-refractivity contribution is -0.117. The number of ether oxygens (including phenoxy) is 1. The van der Waals surface area contributed by atoms with E-state index >= 15 is 0 Å². The molecule has 1 N–H and O–H groups in total. The molecule has 0 saturated heterocycles. The van der Waals surface area contributed by atoms with Crippen LogP contribution in [0.2, 0.25) is 0 Å². The highest BCUT2D eigenvalue weighted by molar-refractivity contribution is 6.02. The van der Waals surface area contributed by atoms with Crippen LogP contribution in [0.4, 0.5) is 8.78 Å². The maximum absolute atomic E-state index is 13.4. The fourth-order valence-corrected chi connectivity index (χ4v) is 3.39. The monoisotopic (exact) mass is 401 g/mol. The Kier molecular flexibility index (Phi) is 7.29. The van der Waals surface area contributed by atoms with E-state index < -0.39 is 23.6 Å². The summed E-state index contributed by atoms with van der Waals surface area (Å²) in [5.74, 6) is -2.53. The number of hydrogen-bond donors (Lipinski definition) is 1. The van der Waals surface area contributed by atoms with Crippen molar-refractivity contribution in [2.75, 3.05) is 13.7 Å². The molecule has 7 heteroatoms. The highest BCUT2D eigenvalue weighted by atomic mass is 19.2. The molecule has 2 rings (SSSR count). The molecule has 5 nitrogen and oxygen atoms in total. The van der Waals surface area contributed by atoms with Gasteiger partial charge in [0.15, 0.2) is 11.6 Å². The van der Waals surface area contributed by atoms with E-state index in [4.69, 9.17) is 4.74 Å². The minimum absolute atomic E-state index is 0.0703. The molecule has 0 bridgehead atoms. The Morgan fingerprint density at radius 3 is 2.55 bits per heavy atom. The van der Waals surface area contributed by atoms with Gasteiger partial charge in [-0.2, -0.15) is 5.26 Å². The third kappa shape index (κ3) is 5.09. The van der Waals surface area contributed by atoms with Crippen LogP contribution in [0.1, 0.15) is 48.4 Å². The second kappa shape index (κ2) is 9.48. The Balaban J connectivity index is 2.25. The summed E-state index contributed by atoms with van der Waals surface area (Å²) in [4.78, 5) is 12.6. The molecule has 0 saturated carbocycles. The zero-order chi connectivity index (χ0) is 21.7. The van der Waals surface area contributed by atoms with Gasteiger partial charge in [-0.1, -0.05) is 6.07 Å². The van der Waals surface area contributed by atoms with Crippen molar-refractivity contribution in [1.29, 1.82) is 5.26 Å². The van der Waals surface area contributed by atoms with Crippen LogP contribution in [0.3, 0.4) is 0 Å². The number of benzene rings is 1. The fourth-order valence-electron chi connectivity index (χ4n) is 3.39. The maximum Gasteiger partial charge on any atom is 0.262 e. The maximum atomic E-state index is 13.4. The number of nitrogens with zero attached hydrogens (tertiary/aromatic N) is 2. The lowest BCUT2D eigenvalue weighted by Gasteiger charge is -2.17. The smallest absolute Gasteiger partial charge is 0.262 e. The Morgan fingerprint density at radius 2 is 1.97 bits per heavy atom. The first kappa shape index (κ1) is 22.3. The number of aryl methyl sites for hydroxylation is 1. The number of methoxy groups -OCH3 is 1. The Morgan fingerprint density at radius 1 is 1.28 bits per heavy atom. The highest BCUT2D eigenvalue weighted by Crippen LogP contribution is 2.23. The topological polar surface area (TPSA) is 67.0 Å². The fraction of sp³-hybridized carbons (Fsp3) is 0.364. The molecule has 0 fully saturated rings. The Hall–Kier alpha value is -2.98. The van der Waals surface area contributed by atoms with Gasteiger partial charge in [-0.05, 0) is 63.1 Å². The van der Waals surface area contributed by atoms with Gasteiger partial charge in [0.2, 0.25) is 0 Å². The lowest BCUT2D eigenvalue weighted by atomic mass is 10.1. The summed E-state index contributed by atoms with van der Waals surface area (Å²) in [5, 5.41) is 12.1. The Bertz CT molecular complexity index is 973. The summed E-state index contributed by atoms with van der Waals surface area (Å²) in [6, 6.07) is 6.76. The highest BCUT2D eigenvalue weighted by Gasteiger charge is 2.18. The minimum atomic E-state index is -0.989. The molecule has 2 unspecified atom stereocenters. The van der Waals surface area contributed by atoms with Gasteiger partial charge in [-0.15, -0.1) is 0 Å². The zero-order valence-electron chi connectivity index (χ0n) is 17.2. The second-order valence-electron chi connectivity index (χ2n) is 7.04. The minimum Gasteiger partial charge on any atom is -0.383 e. The van der Waals surface area contributed by atoms with E-state index in [9.17, 15) is 18.8 Å². The van der Waals surface area contributed by atoms with E-state index in [-0.39, 0.29) is 11.6 Å². The van der Waals surface area contributed by atoms with E-state index in [0.717, 1.165) is 29.1 Å². The first-order valence-electron chi connectivity index (χ1n) is 9.24. The molecule has 0 aliphatic carbocycles. The van der Waals surface area contributed by atoms with Crippen LogP contribution in [-0.4, -0.2) is 24.2 Å². The SMILES string of the molecule is COCC(C)n1c(C)cc(/C=C(\C#N)C(=O)NC(C)c2ccc(F)c(F)c2)c1C. The molecule has 0 radical (unpaired) electrons. The lowest BCUT2D eigenvalue weighted by Crippen LogP contribution is -2.27. The van der Waals surface area contributed by atoms with E-state index in [0.29, 0.717) is 12.2 Å². The zero-order valence-corrected chi connectivity index (χ0v) is 17.2. The number of carbonyl (C=O) groups is 1. The summed E-state index contributed by atoms with van der Waals surface area (Å²) < 4.78 is 33.8. The van der Waals surface area contributed by atoms with Gasteiger partial charge in [0, 0.05) is 18.5 Å². The standard InChI is InChI=1S/C22H25F2N3O2/c1-13-8-18(16(4)27(13)14(2)12-29-5)9-19(11-25)22(28)26-15(3)17-6-7-20(23)21(24)10-17/h6-10,14-15H,12H2,1-5H3,(H,26,28)/b19-9+. The van der Waals surface area contributed by atoms with E-state index in [1.165, 1.54) is 12.1 Å². The van der Waals surface area contributed by atoms with Crippen LogP contribution >= 0.6 is 0 Å². The van der Waals surface area contributed by atoms with Gasteiger partial charge in [-0.25, -0.2) is 8.78 Å². The number of nitriles is 1. The number of rotatable bonds is 7. The second-order valence-corrected chi connectivity index (χ2v) is 7.04. The summed E-state index contributed by atoms with van der Waals surface area (Å²) in [6.45, 7) is 8.07. The molecular formula is C22H25F2N3O2. The van der Waals surface area contributed by atoms with E-state index in [2.05, 4.69) is 9.88 Å². The molecule has 1 aromatic heterocycles. The van der Waals surface area contributed by atoms with Crippen LogP contribution in [0, 0.1) is 36.8 Å². The third-order valence-corrected chi connectivity index (χ3v) is 4.83. The summed E-state index contributed by atoms with van der Waals surface area (Å²) in [6.07, 6.45) is 1.53. The Labute approximate surface area is 169 Å². The van der Waals surface area contributed by atoms with Crippen LogP contribution in [0.5, 0.6) is 0 Å². The average Bonchev–Trinajstić information content (AvgIpc) is 2.95. The van der Waals surface area contributed by atoms with Gasteiger partial charge in [0.25, 0.3) is 5.91 Å². The molecule has 154 valence electrons. The van der Waals surface area contributed by atoms with Crippen molar-refractivity contribution in [3.8, 4) is 6.07 Å². The van der Waals surface area contributed by atoms with Crippen molar-refractivity contribution in [3.05, 3.63) is 64.0 Å². The van der Waals surface area contributed by atoms with Crippen molar-refractivity contribution < 1.29 is 18.3 Å². The normalized spacial score (nSPS) is 13.7. The van der Waals surface area contributed by atoms with Gasteiger partial charge in [0.05, 0.1) is 18.7 Å². The number of halogens is 2. The predicted molar refractivity (Wildman–Crippen MR) is 107 cm³/mol. The van der Waals surface area contributed by atoms with Crippen molar-refractivity contribution in [2.24, 2.45) is 0 Å². The van der Waals surface area contributed by atoms with Gasteiger partial charge in [0.1, 0.15) is 11.6 Å². The number of hydrogen-bond acceptors (Lipinski definition) is 3. The number of amides is 1. The number of nitrogens with one attached hydrogen (secondary N) is 1. The van der Waals surface area contributed by atoms with Gasteiger partial charge >= 0.3 is 0 Å². The molecule has 0 aliphatic rings. The van der Waals surface area contributed by atoms with Crippen LogP contribution in [0.15, 0.2) is 29.8 Å². The van der Waals surface area contributed by atoms with Crippen molar-refractivity contribution in [1.82, 2.24) is 9.88 Å². The first-order chi connectivity index (χ1) is 13.7. The molecule has 1 heterocycles. The van der Waals surface area contributed by atoms with Crippen molar-refractivity contribution in [2.45, 2.75) is 39.8 Å². The van der Waals surface area contributed by atoms with Gasteiger partial charge < -0.3 is 14.6 Å². The van der Waals surface area contributed by atoms with Crippen molar-refractivity contribution in [3.63, 3.8) is 0 Å². The average molecular weight is 401 g/mol. The molecular weight excluding hydrogens is 376 g/mol. The first-order valence-corrected chi connectivity index (χ1v) is 9.24. The summed E-state index contributed by atoms with van der Waals surface area (Å²) >= 11 is 0. The molecule has 1 aromatic carbocycles. The molecule has 0 spiro atoms. The van der Waals surface area contributed by atoms with Gasteiger partial charge in [-0.3, -0.25) is 4.79 Å². The number of carbonyl (C=O) groups excluding carboxylic acids is 1. The van der Waals surface area contributed by atoms with Crippen molar-refractivity contribution >= 4 is 12.0 Å². The third-order valence-electron chi connectivity index (χ3n) is 4.83. The van der Waals surface area contributed by atoms with E-state index in [1.54, 1.807) is 14.0 Å². The quantitative estimate of drug-likeness (QED) is 0.553. The molecule has 29 heavy (non-hydrogen) atoms. The largest absolute Gasteiger partial charge is 0.383 e.